The second-order valence-corrected chi connectivity index (χ2v) is 8.55. The molecule has 0 spiro atoms. The number of rotatable bonds is 12. The number of nitrogens with one attached hydrogen (secondary N) is 3. The Morgan fingerprint density at radius 1 is 1.03 bits per heavy atom. The van der Waals surface area contributed by atoms with Crippen LogP contribution in [0.2, 0.25) is 0 Å². The minimum absolute atomic E-state index is 0.00965. The van der Waals surface area contributed by atoms with Crippen molar-refractivity contribution in [1.29, 1.82) is 0 Å². The summed E-state index contributed by atoms with van der Waals surface area (Å²) in [5, 5.41) is 15.6. The lowest BCUT2D eigenvalue weighted by Crippen LogP contribution is -2.42. The summed E-state index contributed by atoms with van der Waals surface area (Å²) in [6.07, 6.45) is 1.63. The fraction of sp³-hybridized carbons (Fsp3) is 0.269. The van der Waals surface area contributed by atoms with E-state index in [9.17, 15) is 24.3 Å². The standard InChI is InChI=1S/C26H30N6O5/c1-15(33)22-18-6-2-3-7-19(18)31-23(22)24(35)32-20(25(36)37)14-16-9-11-17(12-10-16)30-21(34)8-4-5-13-29-26(27)28/h2-3,6-7,9-12,20,31H,4-5,8,13-14H2,1H3,(H,30,34)(H,32,35)(H,36,37)(H4,27,28,29). The zero-order valence-corrected chi connectivity index (χ0v) is 20.4. The van der Waals surface area contributed by atoms with Gasteiger partial charge in [0.05, 0.1) is 5.56 Å². The fourth-order valence-corrected chi connectivity index (χ4v) is 3.90. The second-order valence-electron chi connectivity index (χ2n) is 8.55. The quantitative estimate of drug-likeness (QED) is 0.0937. The van der Waals surface area contributed by atoms with Gasteiger partial charge in [0, 0.05) is 36.0 Å². The number of aliphatic carboxylic acids is 1. The molecule has 1 aromatic heterocycles. The van der Waals surface area contributed by atoms with Gasteiger partial charge in [-0.2, -0.15) is 0 Å². The first kappa shape index (κ1) is 26.9. The van der Waals surface area contributed by atoms with E-state index < -0.39 is 17.9 Å². The molecule has 0 saturated heterocycles. The van der Waals surface area contributed by atoms with Crippen molar-refractivity contribution in [3.8, 4) is 0 Å². The van der Waals surface area contributed by atoms with Gasteiger partial charge in [-0.3, -0.25) is 19.4 Å². The van der Waals surface area contributed by atoms with Gasteiger partial charge in [-0.1, -0.05) is 30.3 Å². The first-order valence-electron chi connectivity index (χ1n) is 11.7. The molecule has 2 amide bonds. The third kappa shape index (κ3) is 7.40. The summed E-state index contributed by atoms with van der Waals surface area (Å²) in [6.45, 7) is 1.82. The van der Waals surface area contributed by atoms with Crippen LogP contribution in [0.5, 0.6) is 0 Å². The van der Waals surface area contributed by atoms with Gasteiger partial charge < -0.3 is 32.2 Å². The van der Waals surface area contributed by atoms with Gasteiger partial charge in [-0.25, -0.2) is 4.79 Å². The van der Waals surface area contributed by atoms with Gasteiger partial charge in [0.25, 0.3) is 5.91 Å². The number of amides is 2. The highest BCUT2D eigenvalue weighted by atomic mass is 16.4. The molecular weight excluding hydrogens is 476 g/mol. The summed E-state index contributed by atoms with van der Waals surface area (Å²) in [7, 11) is 0. The number of benzene rings is 2. The van der Waals surface area contributed by atoms with Crippen molar-refractivity contribution in [3.05, 3.63) is 65.4 Å². The van der Waals surface area contributed by atoms with E-state index in [1.165, 1.54) is 6.92 Å². The van der Waals surface area contributed by atoms with Crippen LogP contribution < -0.4 is 22.1 Å². The molecule has 194 valence electrons. The average Bonchev–Trinajstić information content (AvgIpc) is 3.24. The number of hydrogen-bond donors (Lipinski definition) is 6. The van der Waals surface area contributed by atoms with Gasteiger partial charge >= 0.3 is 5.97 Å². The molecule has 0 bridgehead atoms. The van der Waals surface area contributed by atoms with Gasteiger partial charge in [-0.15, -0.1) is 0 Å². The smallest absolute Gasteiger partial charge is 0.326 e. The Bertz CT molecular complexity index is 1320. The van der Waals surface area contributed by atoms with Crippen LogP contribution in [0.3, 0.4) is 0 Å². The maximum absolute atomic E-state index is 13.0. The van der Waals surface area contributed by atoms with Gasteiger partial charge in [0.15, 0.2) is 11.7 Å². The van der Waals surface area contributed by atoms with E-state index in [2.05, 4.69) is 20.6 Å². The highest BCUT2D eigenvalue weighted by molar-refractivity contribution is 6.15. The number of nitrogens with two attached hydrogens (primary N) is 2. The van der Waals surface area contributed by atoms with Crippen molar-refractivity contribution >= 4 is 46.1 Å². The number of carboxylic acids is 1. The summed E-state index contributed by atoms with van der Waals surface area (Å²) in [5.74, 6) is -2.34. The highest BCUT2D eigenvalue weighted by Gasteiger charge is 2.26. The molecule has 8 N–H and O–H groups in total. The molecule has 3 aromatic rings. The van der Waals surface area contributed by atoms with Crippen molar-refractivity contribution in [2.45, 2.75) is 38.6 Å². The van der Waals surface area contributed by atoms with E-state index in [0.29, 0.717) is 48.0 Å². The number of carbonyl (C=O) groups excluding carboxylic acids is 3. The number of aromatic nitrogens is 1. The van der Waals surface area contributed by atoms with E-state index in [1.54, 1.807) is 48.5 Å². The van der Waals surface area contributed by atoms with Crippen LogP contribution in [0, 0.1) is 0 Å². The Kier molecular flexibility index (Phi) is 8.98. The van der Waals surface area contributed by atoms with Crippen LogP contribution in [0.15, 0.2) is 53.5 Å². The van der Waals surface area contributed by atoms with Crippen LogP contribution >= 0.6 is 0 Å². The number of nitrogens with zero attached hydrogens (tertiary/aromatic N) is 1. The molecular formula is C26H30N6O5. The molecule has 0 aliphatic carbocycles. The number of anilines is 1. The van der Waals surface area contributed by atoms with Crippen LogP contribution in [-0.4, -0.2) is 52.2 Å². The lowest BCUT2D eigenvalue weighted by molar-refractivity contribution is -0.139. The molecule has 0 aliphatic heterocycles. The molecule has 3 rings (SSSR count). The number of guanidine groups is 1. The topological polar surface area (TPSA) is 193 Å². The summed E-state index contributed by atoms with van der Waals surface area (Å²) in [6, 6.07) is 12.4. The SMILES string of the molecule is CC(=O)c1c(C(=O)NC(Cc2ccc(NC(=O)CCCCN=C(N)N)cc2)C(=O)O)[nH]c2ccccc12. The number of aromatic amines is 1. The number of Topliss-reactive ketones (excluding diaryl/α,β-unsaturated/α-hetero) is 1. The minimum atomic E-state index is -1.23. The highest BCUT2D eigenvalue weighted by Crippen LogP contribution is 2.23. The normalized spacial score (nSPS) is 11.5. The first-order chi connectivity index (χ1) is 17.7. The molecule has 0 saturated carbocycles. The lowest BCUT2D eigenvalue weighted by Gasteiger charge is -2.15. The third-order valence-corrected chi connectivity index (χ3v) is 5.67. The number of hydrogen-bond acceptors (Lipinski definition) is 5. The van der Waals surface area contributed by atoms with Crippen LogP contribution in [0.4, 0.5) is 5.69 Å². The zero-order chi connectivity index (χ0) is 26.9. The maximum atomic E-state index is 13.0. The number of carbonyl (C=O) groups is 4. The molecule has 0 aliphatic rings. The Labute approximate surface area is 213 Å². The maximum Gasteiger partial charge on any atom is 0.326 e. The zero-order valence-electron chi connectivity index (χ0n) is 20.4. The van der Waals surface area contributed by atoms with Gasteiger partial charge in [-0.05, 0) is 43.5 Å². The molecule has 11 heteroatoms. The molecule has 2 aromatic carbocycles. The lowest BCUT2D eigenvalue weighted by atomic mass is 10.0. The van der Waals surface area contributed by atoms with Crippen LogP contribution in [0.1, 0.15) is 52.6 Å². The number of H-pyrrole nitrogens is 1. The summed E-state index contributed by atoms with van der Waals surface area (Å²) in [4.78, 5) is 56.0. The molecule has 0 fully saturated rings. The van der Waals surface area contributed by atoms with E-state index in [1.807, 2.05) is 0 Å². The first-order valence-corrected chi connectivity index (χ1v) is 11.7. The van der Waals surface area contributed by atoms with E-state index in [-0.39, 0.29) is 35.3 Å². The number of carboxylic acid groups (broad SMARTS) is 1. The Morgan fingerprint density at radius 2 is 1.73 bits per heavy atom. The number of para-hydroxylation sites is 1. The van der Waals surface area contributed by atoms with Gasteiger partial charge in [0.2, 0.25) is 5.91 Å². The van der Waals surface area contributed by atoms with E-state index >= 15 is 0 Å². The molecule has 11 nitrogen and oxygen atoms in total. The fourth-order valence-electron chi connectivity index (χ4n) is 3.90. The summed E-state index contributed by atoms with van der Waals surface area (Å²) >= 11 is 0. The second kappa shape index (κ2) is 12.3. The predicted molar refractivity (Wildman–Crippen MR) is 140 cm³/mol. The largest absolute Gasteiger partial charge is 0.480 e. The number of ketones is 1. The monoisotopic (exact) mass is 506 g/mol. The molecule has 37 heavy (non-hydrogen) atoms. The van der Waals surface area contributed by atoms with Crippen LogP contribution in [-0.2, 0) is 16.0 Å². The van der Waals surface area contributed by atoms with E-state index in [0.717, 1.165) is 0 Å². The third-order valence-electron chi connectivity index (χ3n) is 5.67. The Hall–Kier alpha value is -4.67. The number of fused-ring (bicyclic) bond motifs is 1. The van der Waals surface area contributed by atoms with E-state index in [4.69, 9.17) is 11.5 Å². The molecule has 0 radical (unpaired) electrons. The van der Waals surface area contributed by atoms with Crippen molar-refractivity contribution in [2.24, 2.45) is 16.5 Å². The average molecular weight is 507 g/mol. The number of unbranched alkanes of at least 4 members (excludes halogenated alkanes) is 1. The summed E-state index contributed by atoms with van der Waals surface area (Å²) in [5.41, 5.74) is 12.6. The van der Waals surface area contributed by atoms with Crippen molar-refractivity contribution < 1.29 is 24.3 Å². The summed E-state index contributed by atoms with van der Waals surface area (Å²) < 4.78 is 0. The van der Waals surface area contributed by atoms with Crippen molar-refractivity contribution in [1.82, 2.24) is 10.3 Å². The van der Waals surface area contributed by atoms with Crippen LogP contribution in [0.25, 0.3) is 10.9 Å². The Morgan fingerprint density at radius 3 is 2.38 bits per heavy atom. The minimum Gasteiger partial charge on any atom is -0.480 e. The van der Waals surface area contributed by atoms with Crippen molar-refractivity contribution in [3.63, 3.8) is 0 Å². The van der Waals surface area contributed by atoms with Gasteiger partial charge in [0.1, 0.15) is 11.7 Å². The number of aliphatic imine (C=N–C) groups is 1. The molecule has 1 atom stereocenters. The Balaban J connectivity index is 1.61. The van der Waals surface area contributed by atoms with Crippen molar-refractivity contribution in [2.75, 3.05) is 11.9 Å². The predicted octanol–water partition coefficient (Wildman–Crippen LogP) is 2.18. The molecule has 1 unspecified atom stereocenters. The molecule has 1 heterocycles.